The van der Waals surface area contributed by atoms with Gasteiger partial charge >= 0.3 is 0 Å². The third-order valence-corrected chi connectivity index (χ3v) is 3.95. The van der Waals surface area contributed by atoms with Gasteiger partial charge in [-0.2, -0.15) is 10.4 Å². The van der Waals surface area contributed by atoms with Crippen molar-refractivity contribution in [2.24, 2.45) is 16.9 Å². The second-order valence-electron chi connectivity index (χ2n) is 5.05. The van der Waals surface area contributed by atoms with Gasteiger partial charge in [-0.3, -0.25) is 4.79 Å². The van der Waals surface area contributed by atoms with Crippen molar-refractivity contribution in [1.29, 1.82) is 5.26 Å². The molecule has 2 atom stereocenters. The summed E-state index contributed by atoms with van der Waals surface area (Å²) < 4.78 is 0. The van der Waals surface area contributed by atoms with E-state index in [0.717, 1.165) is 12.8 Å². The first-order valence-corrected chi connectivity index (χ1v) is 6.49. The molecule has 0 unspecified atom stereocenters. The van der Waals surface area contributed by atoms with E-state index < -0.39 is 0 Å². The normalized spacial score (nSPS) is 26.8. The van der Waals surface area contributed by atoms with Crippen LogP contribution in [-0.4, -0.2) is 23.2 Å². The third kappa shape index (κ3) is 2.49. The number of carbonyl (C=O) groups excluding carboxylic acids is 1. The highest BCUT2D eigenvalue weighted by molar-refractivity contribution is 5.82. The monoisotopic (exact) mass is 233 g/mol. The molecular formula is C13H19N3O. The number of rotatable bonds is 2. The lowest BCUT2D eigenvalue weighted by Gasteiger charge is -2.29. The summed E-state index contributed by atoms with van der Waals surface area (Å²) >= 11 is 0. The van der Waals surface area contributed by atoms with Gasteiger partial charge in [0.15, 0.2) is 0 Å². The molecule has 0 aromatic heterocycles. The van der Waals surface area contributed by atoms with Crippen LogP contribution in [0.15, 0.2) is 5.10 Å². The van der Waals surface area contributed by atoms with Crippen LogP contribution in [-0.2, 0) is 4.79 Å². The van der Waals surface area contributed by atoms with Crippen molar-refractivity contribution in [3.8, 4) is 6.07 Å². The molecule has 1 amide bonds. The average molecular weight is 233 g/mol. The largest absolute Gasteiger partial charge is 0.273 e. The minimum atomic E-state index is -0.381. The Bertz CT molecular complexity index is 352. The van der Waals surface area contributed by atoms with E-state index in [-0.39, 0.29) is 17.9 Å². The Kier molecular flexibility index (Phi) is 3.78. The highest BCUT2D eigenvalue weighted by atomic mass is 16.2. The molecule has 2 aliphatic rings. The zero-order valence-corrected chi connectivity index (χ0v) is 10.3. The highest BCUT2D eigenvalue weighted by Gasteiger charge is 2.33. The van der Waals surface area contributed by atoms with Crippen LogP contribution in [0.1, 0.15) is 45.4 Å². The predicted molar refractivity (Wildman–Crippen MR) is 65.1 cm³/mol. The van der Waals surface area contributed by atoms with Gasteiger partial charge < -0.3 is 0 Å². The standard InChI is InChI=1S/C13H19N3O/c1-10(11-5-3-2-4-6-11)13(17)16-12(9-14)7-8-15-16/h8,10-12H,2-7H2,1H3/t10-,12-/m0/s1. The van der Waals surface area contributed by atoms with Crippen molar-refractivity contribution in [3.05, 3.63) is 0 Å². The van der Waals surface area contributed by atoms with Crippen LogP contribution in [0.3, 0.4) is 0 Å². The maximum Gasteiger partial charge on any atom is 0.247 e. The fourth-order valence-electron chi connectivity index (χ4n) is 2.78. The first-order valence-electron chi connectivity index (χ1n) is 6.49. The molecule has 0 aromatic rings. The molecule has 4 heteroatoms. The van der Waals surface area contributed by atoms with Crippen molar-refractivity contribution in [3.63, 3.8) is 0 Å². The maximum absolute atomic E-state index is 12.3. The summed E-state index contributed by atoms with van der Waals surface area (Å²) in [5, 5.41) is 14.4. The van der Waals surface area contributed by atoms with Gasteiger partial charge in [-0.1, -0.05) is 26.2 Å². The first kappa shape index (κ1) is 12.1. The molecule has 0 bridgehead atoms. The Hall–Kier alpha value is -1.37. The Morgan fingerprint density at radius 3 is 2.82 bits per heavy atom. The summed E-state index contributed by atoms with van der Waals surface area (Å²) in [7, 11) is 0. The van der Waals surface area contributed by atoms with Crippen LogP contribution < -0.4 is 0 Å². The van der Waals surface area contributed by atoms with Gasteiger partial charge in [0.05, 0.1) is 6.07 Å². The van der Waals surface area contributed by atoms with E-state index in [4.69, 9.17) is 5.26 Å². The zero-order valence-electron chi connectivity index (χ0n) is 10.3. The number of hydrogen-bond acceptors (Lipinski definition) is 3. The van der Waals surface area contributed by atoms with Gasteiger partial charge in [0.25, 0.3) is 0 Å². The Labute approximate surface area is 102 Å². The molecule has 1 heterocycles. The molecule has 0 spiro atoms. The molecule has 0 N–H and O–H groups in total. The van der Waals surface area contributed by atoms with Crippen LogP contribution in [0.5, 0.6) is 0 Å². The Morgan fingerprint density at radius 2 is 2.18 bits per heavy atom. The third-order valence-electron chi connectivity index (χ3n) is 3.95. The zero-order chi connectivity index (χ0) is 12.3. The van der Waals surface area contributed by atoms with Crippen molar-refractivity contribution in [2.75, 3.05) is 0 Å². The van der Waals surface area contributed by atoms with Gasteiger partial charge in [0, 0.05) is 18.6 Å². The molecule has 92 valence electrons. The molecule has 4 nitrogen and oxygen atoms in total. The van der Waals surface area contributed by atoms with Crippen molar-refractivity contribution >= 4 is 12.1 Å². The second-order valence-corrected chi connectivity index (χ2v) is 5.05. The van der Waals surface area contributed by atoms with E-state index in [9.17, 15) is 4.79 Å². The van der Waals surface area contributed by atoms with Crippen LogP contribution in [0.25, 0.3) is 0 Å². The van der Waals surface area contributed by atoms with Crippen LogP contribution in [0.4, 0.5) is 0 Å². The second kappa shape index (κ2) is 5.31. The van der Waals surface area contributed by atoms with Gasteiger partial charge in [0.2, 0.25) is 5.91 Å². The number of hydrogen-bond donors (Lipinski definition) is 0. The van der Waals surface area contributed by atoms with Crippen molar-refractivity contribution < 1.29 is 4.79 Å². The topological polar surface area (TPSA) is 56.5 Å². The van der Waals surface area contributed by atoms with E-state index in [1.807, 2.05) is 6.92 Å². The van der Waals surface area contributed by atoms with Crippen LogP contribution >= 0.6 is 0 Å². The number of nitrogens with zero attached hydrogens (tertiary/aromatic N) is 3. The van der Waals surface area contributed by atoms with E-state index in [1.165, 1.54) is 24.3 Å². The number of nitriles is 1. The lowest BCUT2D eigenvalue weighted by molar-refractivity contribution is -0.137. The summed E-state index contributed by atoms with van der Waals surface area (Å²) in [6.07, 6.45) is 8.27. The first-order chi connectivity index (χ1) is 8.24. The average Bonchev–Trinajstić information content (AvgIpc) is 2.86. The fraction of sp³-hybridized carbons (Fsp3) is 0.769. The summed E-state index contributed by atoms with van der Waals surface area (Å²) in [4.78, 5) is 12.3. The summed E-state index contributed by atoms with van der Waals surface area (Å²) in [5.41, 5.74) is 0. The summed E-state index contributed by atoms with van der Waals surface area (Å²) in [6.45, 7) is 1.99. The number of carbonyl (C=O) groups is 1. The predicted octanol–water partition coefficient (Wildman–Crippen LogP) is 2.31. The number of amides is 1. The van der Waals surface area contributed by atoms with E-state index in [1.54, 1.807) is 6.21 Å². The molecule has 1 aliphatic carbocycles. The molecule has 0 aromatic carbocycles. The van der Waals surface area contributed by atoms with Crippen molar-refractivity contribution in [2.45, 2.75) is 51.5 Å². The quantitative estimate of drug-likeness (QED) is 0.735. The Morgan fingerprint density at radius 1 is 1.47 bits per heavy atom. The lowest BCUT2D eigenvalue weighted by Crippen LogP contribution is -2.38. The molecule has 1 aliphatic heterocycles. The molecule has 1 fully saturated rings. The molecule has 0 radical (unpaired) electrons. The van der Waals surface area contributed by atoms with Gasteiger partial charge in [-0.15, -0.1) is 0 Å². The molecule has 2 rings (SSSR count). The summed E-state index contributed by atoms with van der Waals surface area (Å²) in [6, 6.07) is 1.75. The van der Waals surface area contributed by atoms with E-state index >= 15 is 0 Å². The Balaban J connectivity index is 1.99. The number of hydrazone groups is 1. The van der Waals surface area contributed by atoms with Crippen LogP contribution in [0, 0.1) is 23.2 Å². The molecular weight excluding hydrogens is 214 g/mol. The SMILES string of the molecule is C[C@H](C(=O)N1N=CC[C@H]1C#N)C1CCCCC1. The summed E-state index contributed by atoms with van der Waals surface area (Å²) in [5.74, 6) is 0.505. The van der Waals surface area contributed by atoms with E-state index in [2.05, 4.69) is 11.2 Å². The molecule has 1 saturated carbocycles. The van der Waals surface area contributed by atoms with Gasteiger partial charge in [0.1, 0.15) is 6.04 Å². The minimum Gasteiger partial charge on any atom is -0.273 e. The van der Waals surface area contributed by atoms with Crippen molar-refractivity contribution in [1.82, 2.24) is 5.01 Å². The maximum atomic E-state index is 12.3. The lowest BCUT2D eigenvalue weighted by atomic mass is 9.80. The fourth-order valence-corrected chi connectivity index (χ4v) is 2.78. The smallest absolute Gasteiger partial charge is 0.247 e. The van der Waals surface area contributed by atoms with E-state index in [0.29, 0.717) is 12.3 Å². The minimum absolute atomic E-state index is 0.00130. The van der Waals surface area contributed by atoms with Gasteiger partial charge in [-0.05, 0) is 18.8 Å². The van der Waals surface area contributed by atoms with Crippen LogP contribution in [0.2, 0.25) is 0 Å². The molecule has 17 heavy (non-hydrogen) atoms. The van der Waals surface area contributed by atoms with Gasteiger partial charge in [-0.25, -0.2) is 5.01 Å². The highest BCUT2D eigenvalue weighted by Crippen LogP contribution is 2.31. The molecule has 0 saturated heterocycles.